The van der Waals surface area contributed by atoms with Crippen LogP contribution in [0.3, 0.4) is 0 Å². The van der Waals surface area contributed by atoms with E-state index in [-0.39, 0.29) is 6.04 Å². The van der Waals surface area contributed by atoms with Gasteiger partial charge in [-0.3, -0.25) is 0 Å². The molecule has 0 aromatic rings. The molecule has 1 saturated carbocycles. The first-order valence-corrected chi connectivity index (χ1v) is 9.16. The van der Waals surface area contributed by atoms with E-state index in [4.69, 9.17) is 4.74 Å². The number of hydrogen-bond acceptors (Lipinski definition) is 4. The van der Waals surface area contributed by atoms with Crippen LogP contribution in [-0.4, -0.2) is 57.7 Å². The van der Waals surface area contributed by atoms with E-state index < -0.39 is 10.2 Å². The molecule has 3 rings (SSSR count). The lowest BCUT2D eigenvalue weighted by molar-refractivity contribution is 0.192. The van der Waals surface area contributed by atoms with Crippen molar-refractivity contribution in [3.05, 3.63) is 0 Å². The Hall–Kier alpha value is -0.210. The second kappa shape index (κ2) is 6.27. The van der Waals surface area contributed by atoms with Crippen molar-refractivity contribution >= 4 is 10.2 Å². The third kappa shape index (κ3) is 3.92. The van der Waals surface area contributed by atoms with Crippen LogP contribution in [-0.2, 0) is 14.9 Å². The van der Waals surface area contributed by atoms with Crippen molar-refractivity contribution in [3.63, 3.8) is 0 Å². The third-order valence-electron chi connectivity index (χ3n) is 4.43. The van der Waals surface area contributed by atoms with Crippen molar-refractivity contribution in [1.82, 2.24) is 14.3 Å². The molecular formula is C13H25N3O3S. The maximum absolute atomic E-state index is 12.3. The summed E-state index contributed by atoms with van der Waals surface area (Å²) >= 11 is 0. The Bertz CT molecular complexity index is 411. The van der Waals surface area contributed by atoms with Crippen LogP contribution in [0.1, 0.15) is 32.1 Å². The summed E-state index contributed by atoms with van der Waals surface area (Å²) in [5.41, 5.74) is 0. The number of ether oxygens (including phenoxy) is 1. The molecule has 20 heavy (non-hydrogen) atoms. The molecule has 2 N–H and O–H groups in total. The first-order chi connectivity index (χ1) is 9.63. The Balaban J connectivity index is 1.43. The average Bonchev–Trinajstić information content (AvgIpc) is 3.14. The van der Waals surface area contributed by atoms with Gasteiger partial charge in [0.05, 0.1) is 6.61 Å². The van der Waals surface area contributed by atoms with Crippen LogP contribution in [0.5, 0.6) is 0 Å². The van der Waals surface area contributed by atoms with E-state index in [2.05, 4.69) is 10.0 Å². The molecular weight excluding hydrogens is 278 g/mol. The third-order valence-corrected chi connectivity index (χ3v) is 6.11. The summed E-state index contributed by atoms with van der Waals surface area (Å²) in [6.45, 7) is 3.48. The number of piperidine rings is 1. The van der Waals surface area contributed by atoms with Gasteiger partial charge >= 0.3 is 0 Å². The lowest BCUT2D eigenvalue weighted by Crippen LogP contribution is -2.49. The molecule has 6 nitrogen and oxygen atoms in total. The van der Waals surface area contributed by atoms with Crippen LogP contribution in [0.15, 0.2) is 0 Å². The van der Waals surface area contributed by atoms with Gasteiger partial charge in [0.15, 0.2) is 0 Å². The average molecular weight is 303 g/mol. The van der Waals surface area contributed by atoms with Gasteiger partial charge in [-0.25, -0.2) is 0 Å². The van der Waals surface area contributed by atoms with E-state index >= 15 is 0 Å². The van der Waals surface area contributed by atoms with E-state index in [1.54, 1.807) is 4.31 Å². The molecule has 0 aromatic carbocycles. The fourth-order valence-corrected chi connectivity index (χ4v) is 4.33. The molecule has 1 aliphatic carbocycles. The fourth-order valence-electron chi connectivity index (χ4n) is 2.89. The first-order valence-electron chi connectivity index (χ1n) is 7.72. The fraction of sp³-hybridized carbons (Fsp3) is 1.00. The van der Waals surface area contributed by atoms with Crippen LogP contribution in [0, 0.1) is 5.92 Å². The highest BCUT2D eigenvalue weighted by atomic mass is 32.2. The summed E-state index contributed by atoms with van der Waals surface area (Å²) in [5.74, 6) is 0.622. The number of nitrogens with one attached hydrogen (secondary N) is 2. The second-order valence-corrected chi connectivity index (χ2v) is 7.91. The Morgan fingerprint density at radius 1 is 1.05 bits per heavy atom. The van der Waals surface area contributed by atoms with Gasteiger partial charge in [-0.1, -0.05) is 0 Å². The number of hydrogen-bond donors (Lipinski definition) is 2. The summed E-state index contributed by atoms with van der Waals surface area (Å²) < 4.78 is 34.1. The zero-order valence-corrected chi connectivity index (χ0v) is 12.7. The van der Waals surface area contributed by atoms with Crippen molar-refractivity contribution in [2.75, 3.05) is 32.8 Å². The zero-order chi connectivity index (χ0) is 14.0. The van der Waals surface area contributed by atoms with Crippen molar-refractivity contribution in [3.8, 4) is 0 Å². The molecule has 1 unspecified atom stereocenters. The summed E-state index contributed by atoms with van der Waals surface area (Å²) in [6, 6.07) is 0.690. The molecule has 0 bridgehead atoms. The van der Waals surface area contributed by atoms with Gasteiger partial charge in [0, 0.05) is 31.8 Å². The van der Waals surface area contributed by atoms with Crippen LogP contribution in [0.2, 0.25) is 0 Å². The molecule has 0 radical (unpaired) electrons. The van der Waals surface area contributed by atoms with Crippen LogP contribution < -0.4 is 10.0 Å². The SMILES string of the molecule is O=S(=O)(NC1CCOC1)N1CCC(CNC2CC2)CC1. The summed E-state index contributed by atoms with van der Waals surface area (Å²) in [5, 5.41) is 3.54. The first kappa shape index (κ1) is 14.7. The van der Waals surface area contributed by atoms with Gasteiger partial charge in [0.2, 0.25) is 0 Å². The molecule has 2 aliphatic heterocycles. The van der Waals surface area contributed by atoms with Crippen molar-refractivity contribution in [2.24, 2.45) is 5.92 Å². The summed E-state index contributed by atoms with van der Waals surface area (Å²) in [4.78, 5) is 0. The molecule has 0 spiro atoms. The molecule has 0 aromatic heterocycles. The van der Waals surface area contributed by atoms with E-state index in [0.29, 0.717) is 32.2 Å². The predicted molar refractivity (Wildman–Crippen MR) is 76.6 cm³/mol. The minimum Gasteiger partial charge on any atom is -0.380 e. The zero-order valence-electron chi connectivity index (χ0n) is 11.9. The van der Waals surface area contributed by atoms with Gasteiger partial charge in [-0.2, -0.15) is 17.4 Å². The number of nitrogens with zero attached hydrogens (tertiary/aromatic N) is 1. The Morgan fingerprint density at radius 2 is 1.80 bits per heavy atom. The molecule has 2 heterocycles. The second-order valence-electron chi connectivity index (χ2n) is 6.21. The maximum atomic E-state index is 12.3. The predicted octanol–water partition coefficient (Wildman–Crippen LogP) is 0.0737. The number of rotatable bonds is 6. The highest BCUT2D eigenvalue weighted by Crippen LogP contribution is 2.22. The highest BCUT2D eigenvalue weighted by molar-refractivity contribution is 7.87. The van der Waals surface area contributed by atoms with Gasteiger partial charge in [-0.05, 0) is 44.6 Å². The minimum absolute atomic E-state index is 0.0470. The van der Waals surface area contributed by atoms with Gasteiger partial charge < -0.3 is 10.1 Å². The highest BCUT2D eigenvalue weighted by Gasteiger charge is 2.31. The van der Waals surface area contributed by atoms with Crippen LogP contribution >= 0.6 is 0 Å². The van der Waals surface area contributed by atoms with Crippen molar-refractivity contribution < 1.29 is 13.2 Å². The molecule has 0 amide bonds. The molecule has 2 saturated heterocycles. The normalized spacial score (nSPS) is 29.9. The van der Waals surface area contributed by atoms with Gasteiger partial charge in [0.1, 0.15) is 0 Å². The molecule has 7 heteroatoms. The molecule has 1 atom stereocenters. The Morgan fingerprint density at radius 3 is 2.40 bits per heavy atom. The van der Waals surface area contributed by atoms with Crippen molar-refractivity contribution in [1.29, 1.82) is 0 Å². The van der Waals surface area contributed by atoms with E-state index in [1.165, 1.54) is 12.8 Å². The standard InChI is InChI=1S/C13H25N3O3S/c17-20(18,15-13-5-8-19-10-13)16-6-3-11(4-7-16)9-14-12-1-2-12/h11-15H,1-10H2. The lowest BCUT2D eigenvalue weighted by Gasteiger charge is -2.32. The minimum atomic E-state index is -3.33. The molecule has 116 valence electrons. The topological polar surface area (TPSA) is 70.7 Å². The Kier molecular flexibility index (Phi) is 4.62. The van der Waals surface area contributed by atoms with Crippen molar-refractivity contribution in [2.45, 2.75) is 44.2 Å². The summed E-state index contributed by atoms with van der Waals surface area (Å²) in [6.07, 6.45) is 5.31. The summed E-state index contributed by atoms with van der Waals surface area (Å²) in [7, 11) is -3.33. The van der Waals surface area contributed by atoms with Crippen LogP contribution in [0.25, 0.3) is 0 Å². The monoisotopic (exact) mass is 303 g/mol. The van der Waals surface area contributed by atoms with E-state index in [9.17, 15) is 8.42 Å². The Labute approximate surface area is 121 Å². The van der Waals surface area contributed by atoms with Crippen LogP contribution in [0.4, 0.5) is 0 Å². The van der Waals surface area contributed by atoms with Gasteiger partial charge in [-0.15, -0.1) is 0 Å². The largest absolute Gasteiger partial charge is 0.380 e. The quantitative estimate of drug-likeness (QED) is 0.729. The van der Waals surface area contributed by atoms with E-state index in [0.717, 1.165) is 31.8 Å². The molecule has 3 aliphatic rings. The molecule has 3 fully saturated rings. The maximum Gasteiger partial charge on any atom is 0.279 e. The van der Waals surface area contributed by atoms with Gasteiger partial charge in [0.25, 0.3) is 10.2 Å². The smallest absolute Gasteiger partial charge is 0.279 e. The van der Waals surface area contributed by atoms with E-state index in [1.807, 2.05) is 0 Å². The lowest BCUT2D eigenvalue weighted by atomic mass is 9.98.